The molecule has 2 aromatic carbocycles. The van der Waals surface area contributed by atoms with Gasteiger partial charge in [-0.3, -0.25) is 0 Å². The van der Waals surface area contributed by atoms with E-state index >= 15 is 0 Å². The van der Waals surface area contributed by atoms with E-state index < -0.39 is 0 Å². The van der Waals surface area contributed by atoms with Crippen molar-refractivity contribution >= 4 is 10.8 Å². The minimum absolute atomic E-state index is 0.283. The molecule has 0 bridgehead atoms. The number of phenols is 1. The van der Waals surface area contributed by atoms with E-state index in [2.05, 4.69) is 26.0 Å². The molecule has 1 fully saturated rings. The van der Waals surface area contributed by atoms with Gasteiger partial charge in [-0.15, -0.1) is 0 Å². The fourth-order valence-electron chi connectivity index (χ4n) is 3.29. The lowest BCUT2D eigenvalue weighted by atomic mass is 10.0. The molecule has 0 aromatic heterocycles. The molecule has 0 saturated carbocycles. The van der Waals surface area contributed by atoms with Crippen molar-refractivity contribution < 1.29 is 14.7 Å². The zero-order valence-corrected chi connectivity index (χ0v) is 12.1. The predicted octanol–water partition coefficient (Wildman–Crippen LogP) is 1.74. The van der Waals surface area contributed by atoms with Gasteiger partial charge in [0.1, 0.15) is 37.6 Å². The van der Waals surface area contributed by atoms with E-state index in [9.17, 15) is 5.11 Å². The highest BCUT2D eigenvalue weighted by molar-refractivity contribution is 5.87. The summed E-state index contributed by atoms with van der Waals surface area (Å²) < 4.78 is 5.79. The lowest BCUT2D eigenvalue weighted by Crippen LogP contribution is -3.14. The number of quaternary nitrogens is 1. The summed E-state index contributed by atoms with van der Waals surface area (Å²) in [6, 6.07) is 12.0. The van der Waals surface area contributed by atoms with E-state index in [1.54, 1.807) is 0 Å². The summed E-state index contributed by atoms with van der Waals surface area (Å²) in [5, 5.41) is 12.6. The molecule has 2 aromatic rings. The second-order valence-corrected chi connectivity index (χ2v) is 5.88. The molecule has 106 valence electrons. The fourth-order valence-corrected chi connectivity index (χ4v) is 3.29. The molecule has 1 saturated heterocycles. The van der Waals surface area contributed by atoms with Gasteiger partial charge >= 0.3 is 0 Å². The molecule has 1 aliphatic rings. The molecule has 3 nitrogen and oxygen atoms in total. The molecular weight excluding hydrogens is 250 g/mol. The van der Waals surface area contributed by atoms with E-state index in [1.807, 2.05) is 24.3 Å². The van der Waals surface area contributed by atoms with Gasteiger partial charge in [-0.2, -0.15) is 0 Å². The lowest BCUT2D eigenvalue weighted by molar-refractivity contribution is -0.928. The van der Waals surface area contributed by atoms with Gasteiger partial charge in [0, 0.05) is 0 Å². The topological polar surface area (TPSA) is 33.9 Å². The van der Waals surface area contributed by atoms with Gasteiger partial charge in [-0.25, -0.2) is 0 Å². The van der Waals surface area contributed by atoms with Crippen molar-refractivity contribution in [3.05, 3.63) is 42.0 Å². The highest BCUT2D eigenvalue weighted by Crippen LogP contribution is 2.26. The monoisotopic (exact) mass is 272 g/mol. The summed E-state index contributed by atoms with van der Waals surface area (Å²) in [5.41, 5.74) is 1.06. The largest absolute Gasteiger partial charge is 0.507 e. The van der Waals surface area contributed by atoms with Crippen molar-refractivity contribution in [1.82, 2.24) is 0 Å². The van der Waals surface area contributed by atoms with Gasteiger partial charge in [0.05, 0.1) is 5.56 Å². The summed E-state index contributed by atoms with van der Waals surface area (Å²) in [6.45, 7) is 7.09. The van der Waals surface area contributed by atoms with Gasteiger partial charge < -0.3 is 14.7 Å². The van der Waals surface area contributed by atoms with Crippen molar-refractivity contribution in [3.8, 4) is 5.75 Å². The Bertz CT molecular complexity index is 601. The molecule has 0 unspecified atom stereocenters. The maximum Gasteiger partial charge on any atom is 0.125 e. The van der Waals surface area contributed by atoms with Gasteiger partial charge in [0.15, 0.2) is 0 Å². The maximum atomic E-state index is 10.2. The zero-order chi connectivity index (χ0) is 14.1. The Balaban J connectivity index is 1.92. The van der Waals surface area contributed by atoms with Crippen LogP contribution < -0.4 is 4.90 Å². The molecule has 0 spiro atoms. The van der Waals surface area contributed by atoms with Crippen LogP contribution in [0.15, 0.2) is 36.4 Å². The Labute approximate surface area is 119 Å². The number of ether oxygens (including phenoxy) is 1. The third-order valence-corrected chi connectivity index (χ3v) is 4.06. The Morgan fingerprint density at radius 1 is 1.10 bits per heavy atom. The number of aromatic hydroxyl groups is 1. The van der Waals surface area contributed by atoms with E-state index in [0.29, 0.717) is 5.75 Å². The Hall–Kier alpha value is -1.58. The molecule has 3 rings (SSSR count). The van der Waals surface area contributed by atoms with Crippen LogP contribution in [0.2, 0.25) is 0 Å². The van der Waals surface area contributed by atoms with Gasteiger partial charge in [-0.1, -0.05) is 30.3 Å². The van der Waals surface area contributed by atoms with Gasteiger partial charge in [0.25, 0.3) is 0 Å². The first-order valence-corrected chi connectivity index (χ1v) is 7.32. The summed E-state index contributed by atoms with van der Waals surface area (Å²) in [5.74, 6) is 0.406. The quantitative estimate of drug-likeness (QED) is 0.873. The fraction of sp³-hybridized carbons (Fsp3) is 0.412. The number of nitrogens with one attached hydrogen (secondary N) is 1. The molecule has 2 N–H and O–H groups in total. The van der Waals surface area contributed by atoms with Gasteiger partial charge in [0.2, 0.25) is 0 Å². The van der Waals surface area contributed by atoms with Crippen LogP contribution in [0.1, 0.15) is 19.4 Å². The highest BCUT2D eigenvalue weighted by Gasteiger charge is 2.26. The molecular formula is C17H22NO2+. The Kier molecular flexibility index (Phi) is 3.64. The van der Waals surface area contributed by atoms with E-state index in [0.717, 1.165) is 30.6 Å². The lowest BCUT2D eigenvalue weighted by Gasteiger charge is -2.32. The van der Waals surface area contributed by atoms with Crippen LogP contribution in [0.25, 0.3) is 10.8 Å². The zero-order valence-electron chi connectivity index (χ0n) is 12.1. The number of rotatable bonds is 2. The first kappa shape index (κ1) is 13.4. The summed E-state index contributed by atoms with van der Waals surface area (Å²) in [7, 11) is 0. The van der Waals surface area contributed by atoms with E-state index in [4.69, 9.17) is 4.74 Å². The van der Waals surface area contributed by atoms with Crippen molar-refractivity contribution in [2.24, 2.45) is 0 Å². The summed E-state index contributed by atoms with van der Waals surface area (Å²) in [4.78, 5) is 1.47. The van der Waals surface area contributed by atoms with Crippen LogP contribution in [0.4, 0.5) is 0 Å². The number of hydrogen-bond donors (Lipinski definition) is 2. The molecule has 1 heterocycles. The molecule has 0 radical (unpaired) electrons. The number of morpholine rings is 1. The minimum atomic E-state index is 0.283. The molecule has 0 amide bonds. The Morgan fingerprint density at radius 3 is 2.55 bits per heavy atom. The van der Waals surface area contributed by atoms with Crippen LogP contribution in [0.5, 0.6) is 5.75 Å². The number of hydrogen-bond acceptors (Lipinski definition) is 2. The standard InChI is InChI=1S/C17H21NO2/c1-12-9-18(10-13(2)20-12)11-16-15-6-4-3-5-14(15)7-8-17(16)19/h3-8,12-13,19H,9-11H2,1-2H3/p+1/t12-,13-/m0/s1. The van der Waals surface area contributed by atoms with Crippen LogP contribution >= 0.6 is 0 Å². The second-order valence-electron chi connectivity index (χ2n) is 5.88. The van der Waals surface area contributed by atoms with Gasteiger partial charge in [-0.05, 0) is 30.7 Å². The Morgan fingerprint density at radius 2 is 1.80 bits per heavy atom. The highest BCUT2D eigenvalue weighted by atomic mass is 16.5. The van der Waals surface area contributed by atoms with Crippen LogP contribution in [0, 0.1) is 0 Å². The summed E-state index contributed by atoms with van der Waals surface area (Å²) in [6.07, 6.45) is 0.566. The summed E-state index contributed by atoms with van der Waals surface area (Å²) >= 11 is 0. The van der Waals surface area contributed by atoms with Crippen molar-refractivity contribution in [2.75, 3.05) is 13.1 Å². The smallest absolute Gasteiger partial charge is 0.125 e. The maximum absolute atomic E-state index is 10.2. The first-order valence-electron chi connectivity index (χ1n) is 7.32. The molecule has 1 aliphatic heterocycles. The van der Waals surface area contributed by atoms with Crippen LogP contribution in [0.3, 0.4) is 0 Å². The SMILES string of the molecule is C[C@H]1C[NH+](Cc2c(O)ccc3ccccc23)C[C@H](C)O1. The molecule has 0 aliphatic carbocycles. The molecule has 3 heteroatoms. The number of phenolic OH excluding ortho intramolecular Hbond substituents is 1. The predicted molar refractivity (Wildman–Crippen MR) is 80.0 cm³/mol. The normalized spacial score (nSPS) is 26.8. The number of benzene rings is 2. The van der Waals surface area contributed by atoms with Crippen molar-refractivity contribution in [1.29, 1.82) is 0 Å². The van der Waals surface area contributed by atoms with Crippen LogP contribution in [-0.2, 0) is 11.3 Å². The van der Waals surface area contributed by atoms with Crippen LogP contribution in [-0.4, -0.2) is 30.4 Å². The molecule has 2 atom stereocenters. The molecule has 20 heavy (non-hydrogen) atoms. The number of fused-ring (bicyclic) bond motifs is 1. The second kappa shape index (κ2) is 5.43. The van der Waals surface area contributed by atoms with E-state index in [1.165, 1.54) is 10.3 Å². The minimum Gasteiger partial charge on any atom is -0.507 e. The van der Waals surface area contributed by atoms with E-state index in [-0.39, 0.29) is 12.2 Å². The first-order chi connectivity index (χ1) is 9.63. The average molecular weight is 272 g/mol. The van der Waals surface area contributed by atoms with Crippen molar-refractivity contribution in [2.45, 2.75) is 32.6 Å². The van der Waals surface area contributed by atoms with Crippen molar-refractivity contribution in [3.63, 3.8) is 0 Å². The average Bonchev–Trinajstić information content (AvgIpc) is 2.41. The third kappa shape index (κ3) is 2.65. The third-order valence-electron chi connectivity index (χ3n) is 4.06.